The summed E-state index contributed by atoms with van der Waals surface area (Å²) in [4.78, 5) is 20.9. The van der Waals surface area contributed by atoms with Gasteiger partial charge >= 0.3 is 0 Å². The van der Waals surface area contributed by atoms with Gasteiger partial charge in [-0.05, 0) is 82.9 Å². The first-order valence-electron chi connectivity index (χ1n) is 13.7. The van der Waals surface area contributed by atoms with Gasteiger partial charge in [0.15, 0.2) is 5.17 Å². The fourth-order valence-corrected chi connectivity index (χ4v) is 5.82. The second kappa shape index (κ2) is 12.3. The fourth-order valence-electron chi connectivity index (χ4n) is 4.79. The highest BCUT2D eigenvalue weighted by Crippen LogP contribution is 2.34. The van der Waals surface area contributed by atoms with Crippen LogP contribution in [0.2, 0.25) is 0 Å². The van der Waals surface area contributed by atoms with Gasteiger partial charge in [0, 0.05) is 6.54 Å². The summed E-state index contributed by atoms with van der Waals surface area (Å²) in [5.74, 6) is 0.768. The van der Waals surface area contributed by atoms with Crippen LogP contribution in [0, 0.1) is 6.92 Å². The van der Waals surface area contributed by atoms with Crippen LogP contribution in [0.4, 0.5) is 5.69 Å². The largest absolute Gasteiger partial charge is 0.489 e. The quantitative estimate of drug-likeness (QED) is 0.180. The van der Waals surface area contributed by atoms with E-state index in [1.807, 2.05) is 78.9 Å². The van der Waals surface area contributed by atoms with Crippen LogP contribution in [0.25, 0.3) is 16.8 Å². The third-order valence-electron chi connectivity index (χ3n) is 7.07. The Balaban J connectivity index is 1.19. The number of benzene rings is 5. The number of hydrogen-bond acceptors (Lipinski definition) is 4. The van der Waals surface area contributed by atoms with Crippen LogP contribution in [0.15, 0.2) is 131 Å². The van der Waals surface area contributed by atoms with Gasteiger partial charge in [-0.15, -0.1) is 0 Å². The molecule has 0 unspecified atom stereocenters. The maximum Gasteiger partial charge on any atom is 0.266 e. The average molecular weight is 555 g/mol. The summed E-state index contributed by atoms with van der Waals surface area (Å²) in [5, 5.41) is 3.11. The van der Waals surface area contributed by atoms with Crippen LogP contribution in [0.1, 0.15) is 22.3 Å². The number of carbonyl (C=O) groups is 1. The molecule has 1 amide bonds. The second-order valence-corrected chi connectivity index (χ2v) is 11.0. The number of thioether (sulfide) groups is 1. The summed E-state index contributed by atoms with van der Waals surface area (Å²) >= 11 is 1.42. The van der Waals surface area contributed by atoms with Crippen molar-refractivity contribution in [2.75, 3.05) is 6.54 Å². The molecule has 1 heterocycles. The minimum absolute atomic E-state index is 0.0203. The molecule has 0 radical (unpaired) electrons. The number of amides is 1. The summed E-state index contributed by atoms with van der Waals surface area (Å²) in [6.45, 7) is 3.11. The monoisotopic (exact) mass is 554 g/mol. The Morgan fingerprint density at radius 2 is 1.54 bits per heavy atom. The zero-order valence-electron chi connectivity index (χ0n) is 22.9. The van der Waals surface area contributed by atoms with E-state index in [9.17, 15) is 4.79 Å². The molecule has 5 aromatic carbocycles. The van der Waals surface area contributed by atoms with Crippen molar-refractivity contribution in [2.24, 2.45) is 4.99 Å². The van der Waals surface area contributed by atoms with Gasteiger partial charge in [-0.3, -0.25) is 9.69 Å². The number of aryl methyl sites for hydroxylation is 1. The van der Waals surface area contributed by atoms with Crippen molar-refractivity contribution in [2.45, 2.75) is 20.0 Å². The molecule has 0 aliphatic carbocycles. The molecule has 0 spiro atoms. The topological polar surface area (TPSA) is 41.9 Å². The predicted octanol–water partition coefficient (Wildman–Crippen LogP) is 8.57. The molecule has 4 nitrogen and oxygen atoms in total. The smallest absolute Gasteiger partial charge is 0.266 e. The Kier molecular flexibility index (Phi) is 7.97. The molecule has 0 atom stereocenters. The van der Waals surface area contributed by atoms with Crippen molar-refractivity contribution >= 4 is 45.4 Å². The lowest BCUT2D eigenvalue weighted by atomic mass is 10.1. The van der Waals surface area contributed by atoms with Gasteiger partial charge in [-0.1, -0.05) is 103 Å². The van der Waals surface area contributed by atoms with E-state index in [1.54, 1.807) is 4.90 Å². The molecule has 0 bridgehead atoms. The highest BCUT2D eigenvalue weighted by atomic mass is 32.2. The predicted molar refractivity (Wildman–Crippen MR) is 170 cm³/mol. The first-order valence-corrected chi connectivity index (χ1v) is 14.5. The minimum atomic E-state index is -0.0203. The highest BCUT2D eigenvalue weighted by Gasteiger charge is 2.33. The van der Waals surface area contributed by atoms with Gasteiger partial charge in [0.25, 0.3) is 5.91 Å². The van der Waals surface area contributed by atoms with Crippen LogP contribution >= 0.6 is 11.8 Å². The van der Waals surface area contributed by atoms with Crippen LogP contribution in [0.3, 0.4) is 0 Å². The van der Waals surface area contributed by atoms with E-state index in [-0.39, 0.29) is 5.91 Å². The fraction of sp³-hybridized carbons (Fsp3) is 0.111. The molecule has 41 heavy (non-hydrogen) atoms. The van der Waals surface area contributed by atoms with Gasteiger partial charge in [0.1, 0.15) is 12.4 Å². The summed E-state index contributed by atoms with van der Waals surface area (Å²) in [6.07, 6.45) is 2.70. The Hall–Kier alpha value is -4.61. The summed E-state index contributed by atoms with van der Waals surface area (Å²) in [6, 6.07) is 40.8. The van der Waals surface area contributed by atoms with E-state index in [0.29, 0.717) is 23.2 Å². The average Bonchev–Trinajstić information content (AvgIpc) is 3.30. The molecule has 1 saturated heterocycles. The van der Waals surface area contributed by atoms with E-state index in [4.69, 9.17) is 9.73 Å². The van der Waals surface area contributed by atoms with E-state index < -0.39 is 0 Å². The van der Waals surface area contributed by atoms with Crippen molar-refractivity contribution in [3.8, 4) is 5.75 Å². The third-order valence-corrected chi connectivity index (χ3v) is 8.07. The number of hydrogen-bond donors (Lipinski definition) is 0. The molecular weight excluding hydrogens is 524 g/mol. The Bertz CT molecular complexity index is 1720. The standard InChI is InChI=1S/C36H30N2O2S/c1-26-14-18-31(19-15-26)37-36-38(23-22-27-8-3-2-4-9-27)35(39)34(41-36)24-28-16-20-32(21-17-28)40-25-30-12-7-11-29-10-5-6-13-33(29)30/h2-21,24H,22-23,25H2,1H3/b34-24+,37-36?. The van der Waals surface area contributed by atoms with Crippen LogP contribution < -0.4 is 4.74 Å². The molecule has 5 aromatic rings. The highest BCUT2D eigenvalue weighted by molar-refractivity contribution is 8.18. The third kappa shape index (κ3) is 6.42. The molecule has 0 saturated carbocycles. The van der Waals surface area contributed by atoms with Gasteiger partial charge in [0.2, 0.25) is 0 Å². The maximum atomic E-state index is 13.6. The molecule has 5 heteroatoms. The van der Waals surface area contributed by atoms with Crippen molar-refractivity contribution in [1.82, 2.24) is 4.90 Å². The first-order chi connectivity index (χ1) is 20.1. The zero-order chi connectivity index (χ0) is 28.0. The first kappa shape index (κ1) is 26.6. The lowest BCUT2D eigenvalue weighted by Gasteiger charge is -2.15. The van der Waals surface area contributed by atoms with Crippen molar-refractivity contribution < 1.29 is 9.53 Å². The van der Waals surface area contributed by atoms with Crippen molar-refractivity contribution in [1.29, 1.82) is 0 Å². The van der Waals surface area contributed by atoms with E-state index >= 15 is 0 Å². The lowest BCUT2D eigenvalue weighted by molar-refractivity contribution is -0.122. The summed E-state index contributed by atoms with van der Waals surface area (Å²) in [5.41, 5.74) is 5.30. The molecule has 0 N–H and O–H groups in total. The minimum Gasteiger partial charge on any atom is -0.489 e. The van der Waals surface area contributed by atoms with Crippen molar-refractivity contribution in [3.05, 3.63) is 148 Å². The van der Waals surface area contributed by atoms with E-state index in [1.165, 1.54) is 33.7 Å². The van der Waals surface area contributed by atoms with Crippen LogP contribution in [0.5, 0.6) is 5.75 Å². The Morgan fingerprint density at radius 1 is 0.805 bits per heavy atom. The number of aliphatic imine (C=N–C) groups is 1. The summed E-state index contributed by atoms with van der Waals surface area (Å²) in [7, 11) is 0. The maximum absolute atomic E-state index is 13.6. The van der Waals surface area contributed by atoms with Crippen molar-refractivity contribution in [3.63, 3.8) is 0 Å². The summed E-state index contributed by atoms with van der Waals surface area (Å²) < 4.78 is 6.11. The number of fused-ring (bicyclic) bond motifs is 1. The lowest BCUT2D eigenvalue weighted by Crippen LogP contribution is -2.31. The Morgan fingerprint density at radius 3 is 2.34 bits per heavy atom. The zero-order valence-corrected chi connectivity index (χ0v) is 23.7. The van der Waals surface area contributed by atoms with Crippen LogP contribution in [-0.2, 0) is 17.8 Å². The number of rotatable bonds is 8. The molecule has 202 valence electrons. The van der Waals surface area contributed by atoms with Gasteiger partial charge < -0.3 is 4.74 Å². The Labute approximate surface area is 245 Å². The molecule has 6 rings (SSSR count). The number of amidine groups is 1. The van der Waals surface area contributed by atoms with Gasteiger partial charge in [0.05, 0.1) is 10.6 Å². The molecule has 1 aliphatic rings. The molecular formula is C36H30N2O2S. The molecule has 1 aliphatic heterocycles. The molecule has 0 aromatic heterocycles. The second-order valence-electron chi connectivity index (χ2n) is 10.0. The molecule has 1 fully saturated rings. The van der Waals surface area contributed by atoms with Gasteiger partial charge in [-0.2, -0.15) is 0 Å². The normalized spacial score (nSPS) is 15.2. The van der Waals surface area contributed by atoms with Gasteiger partial charge in [-0.25, -0.2) is 4.99 Å². The van der Waals surface area contributed by atoms with E-state index in [0.717, 1.165) is 29.0 Å². The number of ether oxygens (including phenoxy) is 1. The SMILES string of the molecule is Cc1ccc(N=C2S/C(=C/c3ccc(OCc4cccc5ccccc45)cc3)C(=O)N2CCc2ccccc2)cc1. The number of nitrogens with zero attached hydrogens (tertiary/aromatic N) is 2. The van der Waals surface area contributed by atoms with Crippen LogP contribution in [-0.4, -0.2) is 22.5 Å². The van der Waals surface area contributed by atoms with E-state index in [2.05, 4.69) is 55.5 Å². The number of carbonyl (C=O) groups excluding carboxylic acids is 1.